The van der Waals surface area contributed by atoms with Gasteiger partial charge in [-0.2, -0.15) is 0 Å². The van der Waals surface area contributed by atoms with Crippen molar-refractivity contribution in [1.82, 2.24) is 0 Å². The molecular weight excluding hydrogens is 880 g/mol. The van der Waals surface area contributed by atoms with Crippen molar-refractivity contribution >= 4 is 75.1 Å². The average Bonchev–Trinajstić information content (AvgIpc) is 3.11. The second-order valence-electron chi connectivity index (χ2n) is 13.7. The Morgan fingerprint density at radius 3 is 1.27 bits per heavy atom. The van der Waals surface area contributed by atoms with Crippen molar-refractivity contribution in [3.8, 4) is 0 Å². The summed E-state index contributed by atoms with van der Waals surface area (Å²) in [6.45, 7) is 13.4. The van der Waals surface area contributed by atoms with E-state index in [1.54, 1.807) is 26.2 Å². The van der Waals surface area contributed by atoms with E-state index in [9.17, 15) is 22.0 Å². The molecule has 27 heteroatoms. The summed E-state index contributed by atoms with van der Waals surface area (Å²) in [5, 5.41) is 0.915. The van der Waals surface area contributed by atoms with E-state index in [1.165, 1.54) is 55.8 Å². The number of hydrogen-bond donors (Lipinski definition) is 0. The van der Waals surface area contributed by atoms with Crippen LogP contribution in [0.4, 0.5) is 22.0 Å². The molecule has 0 radical (unpaired) electrons. The van der Waals surface area contributed by atoms with Gasteiger partial charge in [-0.15, -0.1) is 0 Å². The number of rotatable bonds is 14. The van der Waals surface area contributed by atoms with Gasteiger partial charge >= 0.3 is 53.3 Å². The fraction of sp³-hybridized carbons (Fsp3) is 0.571. The molecule has 1 saturated heterocycles. The van der Waals surface area contributed by atoms with Crippen LogP contribution in [-0.2, 0) is 65.9 Å². The Kier molecular flexibility index (Phi) is 16.1. The summed E-state index contributed by atoms with van der Waals surface area (Å²) in [7, 11) is -23.9. The highest BCUT2D eigenvalue weighted by Gasteiger charge is 2.69. The Bertz CT molecular complexity index is 1590. The molecule has 2 aromatic carbocycles. The standard InChI is InChI=1S/C28H51F5O14Si8/c1-34-50(11)42-51(12,35-2)44-53(14,41-49(9,10)22-18-16-15-17-19-22)46-55(38-5,39-6)47-54(36-3,37-4)45-52(13,43-50)40-48(7,8)21-20-23-24(29)26(31)28(33)27(32)25(23)30/h15-19H,20-21H2,1-14H3. The van der Waals surface area contributed by atoms with Gasteiger partial charge in [-0.25, -0.2) is 22.0 Å². The summed E-state index contributed by atoms with van der Waals surface area (Å²) < 4.78 is 159. The van der Waals surface area contributed by atoms with Crippen LogP contribution in [0.25, 0.3) is 0 Å². The van der Waals surface area contributed by atoms with Crippen molar-refractivity contribution < 1.29 is 81.4 Å². The van der Waals surface area contributed by atoms with Gasteiger partial charge in [0.2, 0.25) is 14.1 Å². The first kappa shape index (κ1) is 48.6. The predicted molar refractivity (Wildman–Crippen MR) is 204 cm³/mol. The fourth-order valence-corrected chi connectivity index (χ4v) is 38.8. The first-order valence-corrected chi connectivity index (χ1v) is 34.9. The van der Waals surface area contributed by atoms with Crippen molar-refractivity contribution in [2.24, 2.45) is 0 Å². The molecule has 3 rings (SSSR count). The topological polar surface area (TPSA) is 129 Å². The minimum absolute atomic E-state index is 0.171. The zero-order valence-electron chi connectivity index (χ0n) is 33.4. The molecular formula is C28H51F5O14Si8. The molecule has 2 aromatic rings. The predicted octanol–water partition coefficient (Wildman–Crippen LogP) is 5.41. The van der Waals surface area contributed by atoms with Gasteiger partial charge in [0.1, 0.15) is 0 Å². The zero-order chi connectivity index (χ0) is 41.9. The SMILES string of the molecule is CO[Si]1(C)O[Si](C)(OC)O[Si](C)(O[Si](C)(C)c2ccccc2)O[Si](OC)(OC)O[Si](OC)(OC)O[Si](C)(O[Si](C)(C)CCc2c(F)c(F)c(F)c(F)c2F)O1. The molecule has 0 N–H and O–H groups in total. The summed E-state index contributed by atoms with van der Waals surface area (Å²) in [4.78, 5) is 0. The van der Waals surface area contributed by atoms with E-state index in [0.29, 0.717) is 0 Å². The quantitative estimate of drug-likeness (QED) is 0.104. The van der Waals surface area contributed by atoms with E-state index >= 15 is 0 Å². The molecule has 1 aliphatic rings. The molecule has 4 atom stereocenters. The first-order valence-electron chi connectivity index (χ1n) is 16.8. The lowest BCUT2D eigenvalue weighted by atomic mass is 10.1. The Hall–Kier alpha value is -0.735. The summed E-state index contributed by atoms with van der Waals surface area (Å²) in [6, 6.07) is 9.35. The zero-order valence-corrected chi connectivity index (χ0v) is 41.4. The maximum absolute atomic E-state index is 14.7. The van der Waals surface area contributed by atoms with Crippen LogP contribution in [0.5, 0.6) is 0 Å². The Morgan fingerprint density at radius 2 is 0.873 bits per heavy atom. The van der Waals surface area contributed by atoms with Crippen molar-refractivity contribution in [2.45, 2.75) is 64.8 Å². The van der Waals surface area contributed by atoms with Crippen LogP contribution in [0.2, 0.25) is 58.4 Å². The van der Waals surface area contributed by atoms with Crippen LogP contribution < -0.4 is 5.19 Å². The first-order chi connectivity index (χ1) is 25.3. The van der Waals surface area contributed by atoms with E-state index < -0.39 is 111 Å². The molecule has 0 amide bonds. The largest absolute Gasteiger partial charge is 0.665 e. The lowest BCUT2D eigenvalue weighted by Crippen LogP contribution is -2.73. The van der Waals surface area contributed by atoms with E-state index in [4.69, 9.17) is 59.5 Å². The maximum atomic E-state index is 14.7. The normalized spacial score (nSPS) is 28.1. The van der Waals surface area contributed by atoms with Crippen LogP contribution in [0.3, 0.4) is 0 Å². The van der Waals surface area contributed by atoms with E-state index in [1.807, 2.05) is 43.4 Å². The van der Waals surface area contributed by atoms with Gasteiger partial charge in [-0.05, 0) is 43.8 Å². The molecule has 0 bridgehead atoms. The minimum atomic E-state index is -4.58. The highest BCUT2D eigenvalue weighted by Crippen LogP contribution is 2.36. The molecule has 0 aliphatic carbocycles. The number of hydrogen-bond acceptors (Lipinski definition) is 14. The van der Waals surface area contributed by atoms with Crippen molar-refractivity contribution in [3.05, 3.63) is 65.0 Å². The lowest BCUT2D eigenvalue weighted by molar-refractivity contribution is -0.0224. The molecule has 1 aliphatic heterocycles. The van der Waals surface area contributed by atoms with Crippen LogP contribution in [0.15, 0.2) is 30.3 Å². The van der Waals surface area contributed by atoms with Gasteiger partial charge in [0.05, 0.1) is 0 Å². The summed E-state index contributed by atoms with van der Waals surface area (Å²) in [6.07, 6.45) is -0.579. The molecule has 14 nitrogen and oxygen atoms in total. The van der Waals surface area contributed by atoms with E-state index in [2.05, 4.69) is 0 Å². The summed E-state index contributed by atoms with van der Waals surface area (Å²) >= 11 is 0. The van der Waals surface area contributed by atoms with Crippen LogP contribution in [0.1, 0.15) is 5.56 Å². The van der Waals surface area contributed by atoms with Crippen LogP contribution in [-0.4, -0.2) is 113 Å². The Morgan fingerprint density at radius 1 is 0.491 bits per heavy atom. The third-order valence-electron chi connectivity index (χ3n) is 8.37. The monoisotopic (exact) mass is 930 g/mol. The smallest absolute Gasteiger partial charge is 0.417 e. The van der Waals surface area contributed by atoms with E-state index in [0.717, 1.165) is 5.19 Å². The van der Waals surface area contributed by atoms with Gasteiger partial charge in [0, 0.05) is 74.4 Å². The lowest BCUT2D eigenvalue weighted by Gasteiger charge is -2.47. The molecule has 314 valence electrons. The third-order valence-corrected chi connectivity index (χ3v) is 38.1. The van der Waals surface area contributed by atoms with Gasteiger partial charge < -0.3 is 59.5 Å². The highest BCUT2D eigenvalue weighted by molar-refractivity contribution is 6.94. The van der Waals surface area contributed by atoms with Gasteiger partial charge in [0.25, 0.3) is 0 Å². The van der Waals surface area contributed by atoms with Gasteiger partial charge in [0.15, 0.2) is 31.6 Å². The van der Waals surface area contributed by atoms with Crippen molar-refractivity contribution in [3.63, 3.8) is 0 Å². The van der Waals surface area contributed by atoms with Crippen molar-refractivity contribution in [2.75, 3.05) is 42.7 Å². The highest BCUT2D eigenvalue weighted by atomic mass is 28.6. The number of benzene rings is 2. The minimum Gasteiger partial charge on any atom is -0.417 e. The summed E-state index contributed by atoms with van der Waals surface area (Å²) in [5.74, 6) is -10.2. The summed E-state index contributed by atoms with van der Waals surface area (Å²) in [5.41, 5.74) is -0.992. The molecule has 0 aromatic heterocycles. The molecule has 0 spiro atoms. The molecule has 55 heavy (non-hydrogen) atoms. The van der Waals surface area contributed by atoms with Gasteiger partial charge in [-0.3, -0.25) is 0 Å². The maximum Gasteiger partial charge on any atom is 0.665 e. The molecule has 4 unspecified atom stereocenters. The third kappa shape index (κ3) is 11.7. The van der Waals surface area contributed by atoms with Crippen LogP contribution >= 0.6 is 0 Å². The fourth-order valence-electron chi connectivity index (χ4n) is 5.70. The van der Waals surface area contributed by atoms with Gasteiger partial charge in [-0.1, -0.05) is 30.3 Å². The Labute approximate surface area is 328 Å². The van der Waals surface area contributed by atoms with Crippen molar-refractivity contribution in [1.29, 1.82) is 0 Å². The second-order valence-corrected chi connectivity index (χ2v) is 39.2. The molecule has 1 fully saturated rings. The van der Waals surface area contributed by atoms with E-state index in [-0.39, 0.29) is 6.04 Å². The average molecular weight is 931 g/mol. The molecule has 0 saturated carbocycles. The molecule has 1 heterocycles. The Balaban J connectivity index is 2.17. The number of halogens is 5. The second kappa shape index (κ2) is 18.3. The van der Waals surface area contributed by atoms with Crippen LogP contribution in [0, 0.1) is 29.1 Å².